The smallest absolute Gasteiger partial charge is 0.242 e. The third-order valence-electron chi connectivity index (χ3n) is 2.29. The summed E-state index contributed by atoms with van der Waals surface area (Å²) < 4.78 is 5.48. The Morgan fingerprint density at radius 3 is 2.79 bits per heavy atom. The summed E-state index contributed by atoms with van der Waals surface area (Å²) >= 11 is 0. The van der Waals surface area contributed by atoms with Gasteiger partial charge in [0.15, 0.2) is 5.82 Å². The van der Waals surface area contributed by atoms with Crippen LogP contribution in [0.15, 0.2) is 6.33 Å². The molecule has 7 nitrogen and oxygen atoms in total. The number of likely N-dealkylation sites (N-methyl/N-ethyl adjacent to an activating group) is 2. The Bertz CT molecular complexity index is 436. The first-order chi connectivity index (χ1) is 8.95. The van der Waals surface area contributed by atoms with Gasteiger partial charge in [0.1, 0.15) is 12.0 Å². The van der Waals surface area contributed by atoms with E-state index in [1.807, 2.05) is 20.8 Å². The SMILES string of the molecule is CCNC(=O)CN(C)c1ncnc(OC(C)C)c1N. The first-order valence-corrected chi connectivity index (χ1v) is 6.20. The molecule has 0 aromatic carbocycles. The molecule has 0 radical (unpaired) electrons. The normalized spacial score (nSPS) is 10.4. The van der Waals surface area contributed by atoms with E-state index >= 15 is 0 Å². The first-order valence-electron chi connectivity index (χ1n) is 6.20. The van der Waals surface area contributed by atoms with Crippen molar-refractivity contribution in [2.24, 2.45) is 0 Å². The van der Waals surface area contributed by atoms with E-state index in [9.17, 15) is 4.79 Å². The Balaban J connectivity index is 2.85. The number of ether oxygens (including phenoxy) is 1. The fourth-order valence-electron chi connectivity index (χ4n) is 1.54. The minimum Gasteiger partial charge on any atom is -0.473 e. The van der Waals surface area contributed by atoms with Crippen molar-refractivity contribution in [3.05, 3.63) is 6.33 Å². The zero-order valence-corrected chi connectivity index (χ0v) is 11.8. The zero-order valence-electron chi connectivity index (χ0n) is 11.8. The van der Waals surface area contributed by atoms with Crippen molar-refractivity contribution in [2.75, 3.05) is 30.8 Å². The number of hydrogen-bond acceptors (Lipinski definition) is 6. The van der Waals surface area contributed by atoms with Crippen LogP contribution >= 0.6 is 0 Å². The number of nitrogens with two attached hydrogens (primary N) is 1. The lowest BCUT2D eigenvalue weighted by Gasteiger charge is -2.20. The van der Waals surface area contributed by atoms with Crippen molar-refractivity contribution >= 4 is 17.4 Å². The Morgan fingerprint density at radius 2 is 2.21 bits per heavy atom. The maximum atomic E-state index is 11.5. The number of amides is 1. The quantitative estimate of drug-likeness (QED) is 0.776. The molecule has 0 atom stereocenters. The van der Waals surface area contributed by atoms with Crippen molar-refractivity contribution in [3.63, 3.8) is 0 Å². The van der Waals surface area contributed by atoms with Crippen LogP contribution in [0.25, 0.3) is 0 Å². The minimum atomic E-state index is -0.0886. The van der Waals surface area contributed by atoms with Gasteiger partial charge in [0.25, 0.3) is 0 Å². The van der Waals surface area contributed by atoms with Gasteiger partial charge in [-0.3, -0.25) is 4.79 Å². The second-order valence-corrected chi connectivity index (χ2v) is 4.39. The van der Waals surface area contributed by atoms with Crippen LogP contribution in [0.2, 0.25) is 0 Å². The average molecular weight is 267 g/mol. The van der Waals surface area contributed by atoms with Crippen LogP contribution < -0.4 is 20.7 Å². The number of hydrogen-bond donors (Lipinski definition) is 2. The second kappa shape index (κ2) is 6.77. The molecule has 3 N–H and O–H groups in total. The van der Waals surface area contributed by atoms with Gasteiger partial charge in [-0.2, -0.15) is 4.98 Å². The van der Waals surface area contributed by atoms with Crippen LogP contribution in [0, 0.1) is 0 Å². The van der Waals surface area contributed by atoms with Crippen molar-refractivity contribution in [1.29, 1.82) is 0 Å². The Morgan fingerprint density at radius 1 is 1.53 bits per heavy atom. The molecule has 0 aliphatic heterocycles. The van der Waals surface area contributed by atoms with Crippen molar-refractivity contribution < 1.29 is 9.53 Å². The van der Waals surface area contributed by atoms with E-state index in [4.69, 9.17) is 10.5 Å². The summed E-state index contributed by atoms with van der Waals surface area (Å²) in [5.74, 6) is 0.731. The van der Waals surface area contributed by atoms with E-state index in [0.29, 0.717) is 23.9 Å². The van der Waals surface area contributed by atoms with Crippen LogP contribution in [0.5, 0.6) is 5.88 Å². The molecule has 1 aromatic heterocycles. The molecular weight excluding hydrogens is 246 g/mol. The number of anilines is 2. The molecule has 19 heavy (non-hydrogen) atoms. The van der Waals surface area contributed by atoms with Gasteiger partial charge in [-0.05, 0) is 20.8 Å². The second-order valence-electron chi connectivity index (χ2n) is 4.39. The van der Waals surface area contributed by atoms with E-state index in [2.05, 4.69) is 15.3 Å². The van der Waals surface area contributed by atoms with E-state index in [-0.39, 0.29) is 18.6 Å². The highest BCUT2D eigenvalue weighted by Gasteiger charge is 2.15. The van der Waals surface area contributed by atoms with Gasteiger partial charge in [0, 0.05) is 13.6 Å². The molecule has 0 saturated heterocycles. The van der Waals surface area contributed by atoms with Gasteiger partial charge in [-0.15, -0.1) is 0 Å². The lowest BCUT2D eigenvalue weighted by atomic mass is 10.4. The third-order valence-corrected chi connectivity index (χ3v) is 2.29. The van der Waals surface area contributed by atoms with Gasteiger partial charge in [-0.25, -0.2) is 4.98 Å². The summed E-state index contributed by atoms with van der Waals surface area (Å²) in [5.41, 5.74) is 6.29. The summed E-state index contributed by atoms with van der Waals surface area (Å²) in [4.78, 5) is 21.3. The van der Waals surface area contributed by atoms with Gasteiger partial charge in [0.05, 0.1) is 12.6 Å². The molecule has 0 fully saturated rings. The maximum Gasteiger partial charge on any atom is 0.242 e. The lowest BCUT2D eigenvalue weighted by molar-refractivity contribution is -0.119. The zero-order chi connectivity index (χ0) is 14.4. The van der Waals surface area contributed by atoms with E-state index in [1.165, 1.54) is 6.33 Å². The monoisotopic (exact) mass is 267 g/mol. The number of nitrogens with zero attached hydrogens (tertiary/aromatic N) is 3. The predicted molar refractivity (Wildman–Crippen MR) is 74.2 cm³/mol. The molecular formula is C12H21N5O2. The Labute approximate surface area is 113 Å². The van der Waals surface area contributed by atoms with Gasteiger partial charge < -0.3 is 20.7 Å². The molecule has 106 valence electrons. The lowest BCUT2D eigenvalue weighted by Crippen LogP contribution is -2.35. The maximum absolute atomic E-state index is 11.5. The number of carbonyl (C=O) groups excluding carboxylic acids is 1. The number of nitrogens with one attached hydrogen (secondary N) is 1. The summed E-state index contributed by atoms with van der Waals surface area (Å²) in [7, 11) is 1.74. The Kier molecular flexibility index (Phi) is 5.35. The number of aromatic nitrogens is 2. The molecule has 1 rings (SSSR count). The highest BCUT2D eigenvalue weighted by atomic mass is 16.5. The van der Waals surface area contributed by atoms with Crippen LogP contribution in [-0.4, -0.2) is 42.1 Å². The van der Waals surface area contributed by atoms with Crippen molar-refractivity contribution in [3.8, 4) is 5.88 Å². The van der Waals surface area contributed by atoms with Gasteiger partial charge in [-0.1, -0.05) is 0 Å². The molecule has 0 bridgehead atoms. The largest absolute Gasteiger partial charge is 0.473 e. The molecule has 1 heterocycles. The fraction of sp³-hybridized carbons (Fsp3) is 0.583. The van der Waals surface area contributed by atoms with Crippen LogP contribution in [-0.2, 0) is 4.79 Å². The van der Waals surface area contributed by atoms with Crippen LogP contribution in [0.1, 0.15) is 20.8 Å². The third kappa shape index (κ3) is 4.27. The molecule has 0 aliphatic carbocycles. The van der Waals surface area contributed by atoms with E-state index in [0.717, 1.165) is 0 Å². The Hall–Kier alpha value is -2.05. The number of nitrogen functional groups attached to an aromatic ring is 1. The fourth-order valence-corrected chi connectivity index (χ4v) is 1.54. The van der Waals surface area contributed by atoms with Crippen molar-refractivity contribution in [2.45, 2.75) is 26.9 Å². The topological polar surface area (TPSA) is 93.4 Å². The average Bonchev–Trinajstić information content (AvgIpc) is 2.31. The first kappa shape index (κ1) is 15.0. The van der Waals surface area contributed by atoms with Crippen molar-refractivity contribution in [1.82, 2.24) is 15.3 Å². The number of rotatable bonds is 6. The standard InChI is InChI=1S/C12H21N5O2/c1-5-14-9(18)6-17(4)11-10(13)12(16-7-15-11)19-8(2)3/h7-8H,5-6,13H2,1-4H3,(H,14,18). The van der Waals surface area contributed by atoms with Crippen LogP contribution in [0.3, 0.4) is 0 Å². The van der Waals surface area contributed by atoms with Gasteiger partial charge in [0.2, 0.25) is 11.8 Å². The molecule has 0 unspecified atom stereocenters. The predicted octanol–water partition coefficient (Wildman–Crippen LogP) is 0.418. The minimum absolute atomic E-state index is 0.0289. The molecule has 0 saturated carbocycles. The van der Waals surface area contributed by atoms with Crippen LogP contribution in [0.4, 0.5) is 11.5 Å². The van der Waals surface area contributed by atoms with Gasteiger partial charge >= 0.3 is 0 Å². The highest BCUT2D eigenvalue weighted by Crippen LogP contribution is 2.27. The highest BCUT2D eigenvalue weighted by molar-refractivity contribution is 5.82. The summed E-state index contributed by atoms with van der Waals surface area (Å²) in [5, 5.41) is 2.72. The molecule has 1 aromatic rings. The van der Waals surface area contributed by atoms with E-state index in [1.54, 1.807) is 11.9 Å². The molecule has 0 aliphatic rings. The molecule has 1 amide bonds. The molecule has 0 spiro atoms. The molecule has 7 heteroatoms. The van der Waals surface area contributed by atoms with E-state index < -0.39 is 0 Å². The summed E-state index contributed by atoms with van der Waals surface area (Å²) in [6.45, 7) is 6.41. The summed E-state index contributed by atoms with van der Waals surface area (Å²) in [6.07, 6.45) is 1.34. The summed E-state index contributed by atoms with van der Waals surface area (Å²) in [6, 6.07) is 0. The number of carbonyl (C=O) groups is 1.